The summed E-state index contributed by atoms with van der Waals surface area (Å²) in [6.07, 6.45) is 20.6. The number of benzene rings is 4. The number of phenols is 2. The molecule has 2 aliphatic carbocycles. The van der Waals surface area contributed by atoms with Crippen molar-refractivity contribution >= 4 is 53.6 Å². The van der Waals surface area contributed by atoms with E-state index in [4.69, 9.17) is 33.8 Å². The second-order valence-corrected chi connectivity index (χ2v) is 21.1. The molecule has 0 aromatic heterocycles. The number of likely N-dealkylation sites (tertiary alicyclic amines) is 1. The summed E-state index contributed by atoms with van der Waals surface area (Å²) in [7, 11) is 12.7. The molecule has 1 heterocycles. The molecule has 1 aliphatic heterocycles. The lowest BCUT2D eigenvalue weighted by Gasteiger charge is -2.31. The Morgan fingerprint density at radius 3 is 1.33 bits per heavy atom. The molecule has 1 saturated heterocycles. The summed E-state index contributed by atoms with van der Waals surface area (Å²) in [5.41, 5.74) is 32.0. The third-order valence-corrected chi connectivity index (χ3v) is 14.3. The molecular formula is C73H129N15O10. The van der Waals surface area contributed by atoms with Gasteiger partial charge >= 0.3 is 0 Å². The first-order valence-corrected chi connectivity index (χ1v) is 30.3. The maximum Gasteiger partial charge on any atom is 0.246 e. The Morgan fingerprint density at radius 1 is 0.500 bits per heavy atom. The van der Waals surface area contributed by atoms with Gasteiger partial charge in [0, 0.05) is 69.5 Å². The third-order valence-electron chi connectivity index (χ3n) is 14.3. The first-order valence-electron chi connectivity index (χ1n) is 30.3. The minimum Gasteiger partial charge on any atom is -0.508 e. The predicted octanol–water partition coefficient (Wildman–Crippen LogP) is 7.01. The van der Waals surface area contributed by atoms with E-state index in [1.807, 2.05) is 86.2 Å². The fraction of sp³-hybridized carbons (Fsp3) is 0.493. The van der Waals surface area contributed by atoms with Gasteiger partial charge in [-0.2, -0.15) is 0 Å². The molecule has 556 valence electrons. The van der Waals surface area contributed by atoms with Crippen molar-refractivity contribution in [1.82, 2.24) is 47.4 Å². The zero-order chi connectivity index (χ0) is 68.2. The molecule has 2 fully saturated rings. The fourth-order valence-corrected chi connectivity index (χ4v) is 8.81. The third kappa shape index (κ3) is 41.2. The largest absolute Gasteiger partial charge is 0.508 e. The molecule has 98 heavy (non-hydrogen) atoms. The quantitative estimate of drug-likeness (QED) is 0.0305. The van der Waals surface area contributed by atoms with E-state index in [9.17, 15) is 43.5 Å². The number of likely N-dealkylation sites (N-methyl/N-ethyl adjacent to an activating group) is 6. The lowest BCUT2D eigenvalue weighted by atomic mass is 9.82. The van der Waals surface area contributed by atoms with Crippen LogP contribution in [0.4, 0.5) is 0 Å². The van der Waals surface area contributed by atoms with Crippen molar-refractivity contribution < 1.29 is 48.6 Å². The van der Waals surface area contributed by atoms with Crippen LogP contribution >= 0.6 is 0 Å². The van der Waals surface area contributed by atoms with E-state index in [-0.39, 0.29) is 105 Å². The van der Waals surface area contributed by atoms with Gasteiger partial charge in [0.1, 0.15) is 35.7 Å². The second-order valence-electron chi connectivity index (χ2n) is 21.1. The minimum absolute atomic E-state index is 0. The first kappa shape index (κ1) is 102. The van der Waals surface area contributed by atoms with Gasteiger partial charge in [-0.3, -0.25) is 43.3 Å². The Bertz CT molecular complexity index is 2870. The van der Waals surface area contributed by atoms with Crippen LogP contribution in [0.2, 0.25) is 0 Å². The van der Waals surface area contributed by atoms with E-state index in [1.54, 1.807) is 40.3 Å². The van der Waals surface area contributed by atoms with Crippen molar-refractivity contribution in [2.24, 2.45) is 33.7 Å². The Balaban J connectivity index is -0.000000198. The summed E-state index contributed by atoms with van der Waals surface area (Å²) >= 11 is 0. The number of amides is 8. The highest BCUT2D eigenvalue weighted by molar-refractivity contribution is 5.93. The normalized spacial score (nSPS) is 14.0. The summed E-state index contributed by atoms with van der Waals surface area (Å²) in [6, 6.07) is 27.3. The smallest absolute Gasteiger partial charge is 0.246 e. The van der Waals surface area contributed by atoms with Gasteiger partial charge in [0.25, 0.3) is 0 Å². The Morgan fingerprint density at radius 2 is 0.918 bits per heavy atom. The number of carbonyl (C=O) groups excluding carboxylic acids is 8. The van der Waals surface area contributed by atoms with Crippen molar-refractivity contribution in [1.29, 1.82) is 0 Å². The molecule has 7 rings (SSSR count). The molecule has 0 spiro atoms. The van der Waals surface area contributed by atoms with Crippen LogP contribution in [0.15, 0.2) is 138 Å². The van der Waals surface area contributed by atoms with Crippen molar-refractivity contribution in [2.75, 3.05) is 69.5 Å². The maximum atomic E-state index is 12.0. The average Bonchev–Trinajstić information content (AvgIpc) is 0.929. The molecule has 8 amide bonds. The van der Waals surface area contributed by atoms with Crippen LogP contribution in [0.3, 0.4) is 0 Å². The molecule has 4 aromatic rings. The monoisotopic (exact) mass is 1380 g/mol. The second kappa shape index (κ2) is 59.3. The number of phenolic OH excluding ortho intramolecular Hbond substituents is 2. The predicted molar refractivity (Wildman–Crippen MR) is 405 cm³/mol. The highest BCUT2D eigenvalue weighted by Crippen LogP contribution is 2.26. The van der Waals surface area contributed by atoms with Crippen LogP contribution in [0.1, 0.15) is 169 Å². The van der Waals surface area contributed by atoms with Crippen molar-refractivity contribution in [3.63, 3.8) is 0 Å². The zero-order valence-electron chi connectivity index (χ0n) is 54.1. The summed E-state index contributed by atoms with van der Waals surface area (Å²) in [6.45, 7) is 2.41. The van der Waals surface area contributed by atoms with E-state index in [1.165, 1.54) is 103 Å². The number of carbonyl (C=O) groups is 8. The minimum atomic E-state index is -1.07. The summed E-state index contributed by atoms with van der Waals surface area (Å²) < 4.78 is 0. The summed E-state index contributed by atoms with van der Waals surface area (Å²) in [5.74, 6) is -1.70. The number of hydrogen-bond donors (Lipinski definition) is 15. The number of rotatable bonds is 16. The fourth-order valence-electron chi connectivity index (χ4n) is 8.81. The molecule has 25 nitrogen and oxygen atoms in total. The SMILES string of the molecule is C.C.C.C.C.C.C.CN=CN1CCCCCC1.CNC(=O)C1(N)CCCCC1.CNC(=O)C[C@@H](N)C(=O)N[C@@H](C(=O)NC)c1ccc(O)cc1.CNC(=O)Cc1ccccc1.CNC(=O)[C@H](N)C1=CCC=CC1.CNC(=O)[C@H](N)c1ccc(O)cc1.CNC(=O)[C@H](N)c1ccccc1. The molecule has 0 radical (unpaired) electrons. The molecule has 20 N–H and O–H groups in total. The highest BCUT2D eigenvalue weighted by Gasteiger charge is 2.34. The molecule has 5 atom stereocenters. The van der Waals surface area contributed by atoms with Crippen LogP contribution < -0.4 is 71.2 Å². The van der Waals surface area contributed by atoms with Gasteiger partial charge in [0.15, 0.2) is 0 Å². The molecule has 1 saturated carbocycles. The van der Waals surface area contributed by atoms with Crippen molar-refractivity contribution in [3.8, 4) is 11.5 Å². The van der Waals surface area contributed by atoms with E-state index in [2.05, 4.69) is 58.5 Å². The van der Waals surface area contributed by atoms with Gasteiger partial charge in [-0.15, -0.1) is 0 Å². The number of aliphatic imine (C=N–C) groups is 1. The van der Waals surface area contributed by atoms with Crippen molar-refractivity contribution in [2.45, 2.75) is 171 Å². The Labute approximate surface area is 588 Å². The van der Waals surface area contributed by atoms with E-state index in [0.29, 0.717) is 17.5 Å². The van der Waals surface area contributed by atoms with E-state index >= 15 is 0 Å². The van der Waals surface area contributed by atoms with Gasteiger partial charge in [-0.25, -0.2) is 0 Å². The molecule has 0 bridgehead atoms. The van der Waals surface area contributed by atoms with Gasteiger partial charge in [0.05, 0.1) is 30.8 Å². The van der Waals surface area contributed by atoms with E-state index in [0.717, 1.165) is 55.2 Å². The number of hydrogen-bond acceptors (Lipinski definition) is 16. The topological polar surface area (TPSA) is 419 Å². The van der Waals surface area contributed by atoms with Crippen LogP contribution in [-0.4, -0.2) is 156 Å². The number of nitrogens with one attached hydrogen (secondary N) is 8. The molecular weight excluding hydrogens is 1250 g/mol. The Kier molecular flexibility index (Phi) is 62.0. The average molecular weight is 1380 g/mol. The molecule has 4 aromatic carbocycles. The first-order chi connectivity index (χ1) is 43.5. The van der Waals surface area contributed by atoms with Crippen LogP contribution in [-0.2, 0) is 44.8 Å². The lowest BCUT2D eigenvalue weighted by Crippen LogP contribution is -2.54. The van der Waals surface area contributed by atoms with Gasteiger partial charge in [-0.05, 0) is 90.6 Å². The van der Waals surface area contributed by atoms with Crippen molar-refractivity contribution in [3.05, 3.63) is 155 Å². The summed E-state index contributed by atoms with van der Waals surface area (Å²) in [5, 5.41) is 38.2. The molecule has 3 aliphatic rings. The number of aromatic hydroxyl groups is 2. The standard InChI is InChI=1S/C14H20N4O4.C9H12N2O2.C9H14N2O.C9H12N2O.C9H11NO.C8H16N2O.C8H16N2.7CH4/c1-16-11(20)7-10(15)13(21)18-12(14(22)17-2)8-3-5-9(19)6-4-8;1-11-9(13)8(10)6-2-4-7(12)5-3-6;2*1-11-9(12)8(10)7-5-3-2-4-6-7;1-10-9(11)7-8-5-3-2-4-6-8;1-10-7(11)8(9)5-3-2-4-6-8;1-9-8-10-6-4-2-3-5-7-10;;;;;;;/h3-6,10,12,19H,7,15H2,1-2H3,(H,16,20)(H,17,22)(H,18,21);2-5,8,12H,10H2,1H3,(H,11,13);2-3,6,8H,4-5,10H2,1H3,(H,11,12);2-6,8H,10H2,1H3,(H,11,12);2-6H,7H2,1H3,(H,10,11);2-6,9H2,1H3,(H,10,11);8H,2-7H2,1H3;7*1H4/t10-,12-;3*8-;;;;;;;;;;/m1111........../s1. The maximum absolute atomic E-state index is 12.0. The lowest BCUT2D eigenvalue weighted by molar-refractivity contribution is -0.131. The highest BCUT2D eigenvalue weighted by atomic mass is 16.3. The van der Waals surface area contributed by atoms with E-state index < -0.39 is 47.6 Å². The van der Waals surface area contributed by atoms with Crippen LogP contribution in [0.25, 0.3) is 0 Å². The summed E-state index contributed by atoms with van der Waals surface area (Å²) in [4.78, 5) is 96.9. The number of nitrogens with zero attached hydrogens (tertiary/aromatic N) is 2. The zero-order valence-corrected chi connectivity index (χ0v) is 54.1. The van der Waals surface area contributed by atoms with Gasteiger partial charge < -0.3 is 86.3 Å². The number of nitrogens with two attached hydrogens (primary N) is 5. The van der Waals surface area contributed by atoms with Crippen LogP contribution in [0.5, 0.6) is 11.5 Å². The Hall–Kier alpha value is -9.01. The van der Waals surface area contributed by atoms with Gasteiger partial charge in [-0.1, -0.05) is 187 Å². The molecule has 0 unspecified atom stereocenters. The van der Waals surface area contributed by atoms with Crippen LogP contribution in [0, 0.1) is 0 Å². The number of allylic oxidation sites excluding steroid dienone is 3. The molecule has 25 heteroatoms. The van der Waals surface area contributed by atoms with Gasteiger partial charge in [0.2, 0.25) is 47.3 Å².